The molecule has 0 amide bonds. The molecule has 0 fully saturated rings. The van der Waals surface area contributed by atoms with Gasteiger partial charge in [-0.3, -0.25) is 0 Å². The molecule has 1 nitrogen and oxygen atoms in total. The number of rotatable bonds is 2. The van der Waals surface area contributed by atoms with Crippen LogP contribution in [0.25, 0.3) is 6.08 Å². The fraction of sp³-hybridized carbons (Fsp3) is 0.111. The first-order valence-corrected chi connectivity index (χ1v) is 4.56. The summed E-state index contributed by atoms with van der Waals surface area (Å²) in [4.78, 5) is 0. The highest BCUT2D eigenvalue weighted by molar-refractivity contribution is 9.10. The number of methoxy groups -OCH3 is 1. The SMILES string of the molecule is CO/C=C/c1cccc(Br)c1Cl. The van der Waals surface area contributed by atoms with Gasteiger partial charge in [0.2, 0.25) is 0 Å². The first kappa shape index (κ1) is 9.62. The highest BCUT2D eigenvalue weighted by Crippen LogP contribution is 2.26. The van der Waals surface area contributed by atoms with Crippen LogP contribution in [0.15, 0.2) is 28.9 Å². The third kappa shape index (κ3) is 2.26. The Bertz CT molecular complexity index is 297. The van der Waals surface area contributed by atoms with Gasteiger partial charge in [-0.05, 0) is 33.6 Å². The maximum Gasteiger partial charge on any atom is 0.0831 e. The van der Waals surface area contributed by atoms with Gasteiger partial charge in [0, 0.05) is 4.47 Å². The van der Waals surface area contributed by atoms with Gasteiger partial charge < -0.3 is 4.74 Å². The molecule has 1 rings (SSSR count). The van der Waals surface area contributed by atoms with Crippen molar-refractivity contribution < 1.29 is 4.74 Å². The first-order chi connectivity index (χ1) is 5.75. The molecule has 0 heterocycles. The highest BCUT2D eigenvalue weighted by Gasteiger charge is 1.99. The summed E-state index contributed by atoms with van der Waals surface area (Å²) in [6.45, 7) is 0. The lowest BCUT2D eigenvalue weighted by Crippen LogP contribution is -1.76. The standard InChI is InChI=1S/C9H8BrClO/c1-12-6-5-7-3-2-4-8(10)9(7)11/h2-6H,1H3/b6-5+. The Kier molecular flexibility index (Phi) is 3.63. The summed E-state index contributed by atoms with van der Waals surface area (Å²) in [5.74, 6) is 0. The molecule has 0 radical (unpaired) electrons. The van der Waals surface area contributed by atoms with Gasteiger partial charge in [0.25, 0.3) is 0 Å². The molecule has 12 heavy (non-hydrogen) atoms. The molecule has 0 bridgehead atoms. The molecule has 0 N–H and O–H groups in total. The van der Waals surface area contributed by atoms with Gasteiger partial charge in [-0.25, -0.2) is 0 Å². The molecule has 0 spiro atoms. The number of halogens is 2. The molecule has 0 aliphatic carbocycles. The maximum atomic E-state index is 5.98. The molecule has 0 aromatic heterocycles. The van der Waals surface area contributed by atoms with E-state index in [9.17, 15) is 0 Å². The Labute approximate surface area is 85.1 Å². The number of hydrogen-bond donors (Lipinski definition) is 0. The summed E-state index contributed by atoms with van der Waals surface area (Å²) in [5, 5.41) is 0.700. The van der Waals surface area contributed by atoms with E-state index in [1.54, 1.807) is 13.4 Å². The van der Waals surface area contributed by atoms with Gasteiger partial charge in [0.05, 0.1) is 18.4 Å². The zero-order chi connectivity index (χ0) is 8.97. The van der Waals surface area contributed by atoms with E-state index in [1.807, 2.05) is 24.3 Å². The van der Waals surface area contributed by atoms with Gasteiger partial charge in [0.15, 0.2) is 0 Å². The Morgan fingerprint density at radius 2 is 2.25 bits per heavy atom. The number of ether oxygens (including phenoxy) is 1. The van der Waals surface area contributed by atoms with E-state index in [4.69, 9.17) is 16.3 Å². The summed E-state index contributed by atoms with van der Waals surface area (Å²) in [5.41, 5.74) is 0.938. The highest BCUT2D eigenvalue weighted by atomic mass is 79.9. The van der Waals surface area contributed by atoms with E-state index in [0.717, 1.165) is 10.0 Å². The second kappa shape index (κ2) is 4.53. The summed E-state index contributed by atoms with van der Waals surface area (Å²) in [6, 6.07) is 5.74. The van der Waals surface area contributed by atoms with Gasteiger partial charge >= 0.3 is 0 Å². The van der Waals surface area contributed by atoms with Crippen LogP contribution in [0.5, 0.6) is 0 Å². The molecule has 3 heteroatoms. The quantitative estimate of drug-likeness (QED) is 0.724. The van der Waals surface area contributed by atoms with Gasteiger partial charge in [-0.15, -0.1) is 0 Å². The smallest absolute Gasteiger partial charge is 0.0831 e. The summed E-state index contributed by atoms with van der Waals surface area (Å²) in [7, 11) is 1.60. The maximum absolute atomic E-state index is 5.98. The molecule has 0 unspecified atom stereocenters. The van der Waals surface area contributed by atoms with Crippen LogP contribution in [0.3, 0.4) is 0 Å². The minimum atomic E-state index is 0.700. The average Bonchev–Trinajstić information content (AvgIpc) is 2.08. The van der Waals surface area contributed by atoms with Crippen LogP contribution in [-0.4, -0.2) is 7.11 Å². The minimum Gasteiger partial charge on any atom is -0.504 e. The molecular weight excluding hydrogens is 239 g/mol. The van der Waals surface area contributed by atoms with Crippen LogP contribution in [-0.2, 0) is 4.74 Å². The van der Waals surface area contributed by atoms with Gasteiger partial charge in [-0.2, -0.15) is 0 Å². The van der Waals surface area contributed by atoms with Crippen molar-refractivity contribution in [1.82, 2.24) is 0 Å². The average molecular weight is 248 g/mol. The van der Waals surface area contributed by atoms with Crippen molar-refractivity contribution >= 4 is 33.6 Å². The minimum absolute atomic E-state index is 0.700. The zero-order valence-corrected chi connectivity index (χ0v) is 8.89. The van der Waals surface area contributed by atoms with Crippen molar-refractivity contribution in [3.63, 3.8) is 0 Å². The predicted octanol–water partition coefficient (Wildman–Crippen LogP) is 3.72. The molecular formula is C9H8BrClO. The second-order valence-electron chi connectivity index (χ2n) is 2.18. The molecule has 0 aliphatic rings. The van der Waals surface area contributed by atoms with Crippen LogP contribution >= 0.6 is 27.5 Å². The van der Waals surface area contributed by atoms with Crippen molar-refractivity contribution in [2.45, 2.75) is 0 Å². The topological polar surface area (TPSA) is 9.23 Å². The van der Waals surface area contributed by atoms with Crippen molar-refractivity contribution in [2.75, 3.05) is 7.11 Å². The lowest BCUT2D eigenvalue weighted by atomic mass is 10.2. The van der Waals surface area contributed by atoms with Crippen molar-refractivity contribution in [3.05, 3.63) is 39.5 Å². The second-order valence-corrected chi connectivity index (χ2v) is 3.41. The van der Waals surface area contributed by atoms with Crippen LogP contribution < -0.4 is 0 Å². The van der Waals surface area contributed by atoms with Crippen molar-refractivity contribution in [2.24, 2.45) is 0 Å². The van der Waals surface area contributed by atoms with E-state index in [2.05, 4.69) is 15.9 Å². The number of benzene rings is 1. The summed E-state index contributed by atoms with van der Waals surface area (Å²) >= 11 is 9.31. The molecule has 1 aromatic carbocycles. The van der Waals surface area contributed by atoms with Crippen molar-refractivity contribution in [1.29, 1.82) is 0 Å². The summed E-state index contributed by atoms with van der Waals surface area (Å²) in [6.07, 6.45) is 3.40. The normalized spacial score (nSPS) is 10.6. The Balaban J connectivity index is 3.00. The summed E-state index contributed by atoms with van der Waals surface area (Å²) < 4.78 is 5.68. The van der Waals surface area contributed by atoms with E-state index < -0.39 is 0 Å². The molecule has 0 aliphatic heterocycles. The third-order valence-electron chi connectivity index (χ3n) is 1.37. The van der Waals surface area contributed by atoms with Crippen LogP contribution in [0.4, 0.5) is 0 Å². The predicted molar refractivity (Wildman–Crippen MR) is 55.2 cm³/mol. The third-order valence-corrected chi connectivity index (χ3v) is 2.68. The van der Waals surface area contributed by atoms with E-state index in [-0.39, 0.29) is 0 Å². The Morgan fingerprint density at radius 1 is 1.50 bits per heavy atom. The largest absolute Gasteiger partial charge is 0.504 e. The van der Waals surface area contributed by atoms with Gasteiger partial charge in [-0.1, -0.05) is 23.7 Å². The van der Waals surface area contributed by atoms with E-state index >= 15 is 0 Å². The monoisotopic (exact) mass is 246 g/mol. The molecule has 0 saturated carbocycles. The van der Waals surface area contributed by atoms with Crippen LogP contribution in [0, 0.1) is 0 Å². The lowest BCUT2D eigenvalue weighted by Gasteiger charge is -1.99. The van der Waals surface area contributed by atoms with Crippen LogP contribution in [0.1, 0.15) is 5.56 Å². The van der Waals surface area contributed by atoms with Crippen LogP contribution in [0.2, 0.25) is 5.02 Å². The van der Waals surface area contributed by atoms with E-state index in [0.29, 0.717) is 5.02 Å². The van der Waals surface area contributed by atoms with Crippen molar-refractivity contribution in [3.8, 4) is 0 Å². The molecule has 64 valence electrons. The zero-order valence-electron chi connectivity index (χ0n) is 6.55. The molecule has 0 saturated heterocycles. The number of hydrogen-bond acceptors (Lipinski definition) is 1. The lowest BCUT2D eigenvalue weighted by molar-refractivity contribution is 0.341. The molecule has 0 atom stereocenters. The fourth-order valence-corrected chi connectivity index (χ4v) is 1.36. The fourth-order valence-electron chi connectivity index (χ4n) is 0.791. The van der Waals surface area contributed by atoms with E-state index in [1.165, 1.54) is 0 Å². The molecule has 1 aromatic rings. The Morgan fingerprint density at radius 3 is 2.92 bits per heavy atom. The van der Waals surface area contributed by atoms with Gasteiger partial charge in [0.1, 0.15) is 0 Å². The first-order valence-electron chi connectivity index (χ1n) is 3.39. The Hall–Kier alpha value is -0.470.